The Labute approximate surface area is 119 Å². The number of alkyl halides is 2. The third-order valence-corrected chi connectivity index (χ3v) is 2.83. The van der Waals surface area contributed by atoms with Crippen molar-refractivity contribution in [3.63, 3.8) is 0 Å². The van der Waals surface area contributed by atoms with Crippen LogP contribution in [-0.2, 0) is 18.4 Å². The monoisotopic (exact) mass is 298 g/mol. The van der Waals surface area contributed by atoms with Crippen LogP contribution in [0.3, 0.4) is 0 Å². The first-order valence-electron chi connectivity index (χ1n) is 6.28. The van der Waals surface area contributed by atoms with Gasteiger partial charge in [-0.1, -0.05) is 0 Å². The van der Waals surface area contributed by atoms with Crippen LogP contribution in [0.4, 0.5) is 14.6 Å². The Morgan fingerprint density at radius 3 is 2.81 bits per heavy atom. The van der Waals surface area contributed by atoms with Crippen molar-refractivity contribution in [1.29, 1.82) is 0 Å². The van der Waals surface area contributed by atoms with Crippen LogP contribution in [0.2, 0.25) is 0 Å². The van der Waals surface area contributed by atoms with Crippen LogP contribution in [0.1, 0.15) is 11.6 Å². The quantitative estimate of drug-likeness (QED) is 0.826. The predicted molar refractivity (Wildman–Crippen MR) is 71.9 cm³/mol. The van der Waals surface area contributed by atoms with Crippen LogP contribution < -0.4 is 10.6 Å². The highest BCUT2D eigenvalue weighted by atomic mass is 19.3. The van der Waals surface area contributed by atoms with Gasteiger partial charge in [-0.05, 0) is 7.05 Å². The zero-order valence-corrected chi connectivity index (χ0v) is 11.6. The number of carbonyl (C=O) groups excluding carboxylic acids is 1. The smallest absolute Gasteiger partial charge is 0.257 e. The number of halogens is 2. The third kappa shape index (κ3) is 3.85. The highest BCUT2D eigenvalue weighted by molar-refractivity contribution is 5.94. The molecule has 2 aromatic rings. The van der Waals surface area contributed by atoms with E-state index in [-0.39, 0.29) is 11.7 Å². The van der Waals surface area contributed by atoms with Crippen molar-refractivity contribution >= 4 is 11.7 Å². The fourth-order valence-corrected chi connectivity index (χ4v) is 1.91. The number of carbonyl (C=O) groups is 1. The molecule has 0 spiro atoms. The van der Waals surface area contributed by atoms with Gasteiger partial charge in [0, 0.05) is 31.1 Å². The van der Waals surface area contributed by atoms with E-state index in [4.69, 9.17) is 0 Å². The molecule has 7 nitrogen and oxygen atoms in total. The molecule has 0 saturated heterocycles. The first-order valence-corrected chi connectivity index (χ1v) is 6.28. The van der Waals surface area contributed by atoms with Gasteiger partial charge in [-0.25, -0.2) is 8.78 Å². The Morgan fingerprint density at radius 1 is 1.48 bits per heavy atom. The Kier molecular flexibility index (Phi) is 4.63. The Hall–Kier alpha value is -2.29. The lowest BCUT2D eigenvalue weighted by atomic mass is 10.1. The molecule has 0 aliphatic heterocycles. The second-order valence-electron chi connectivity index (χ2n) is 4.47. The van der Waals surface area contributed by atoms with E-state index in [9.17, 15) is 13.6 Å². The molecule has 1 atom stereocenters. The number of nitrogens with zero attached hydrogens (tertiary/aromatic N) is 4. The normalized spacial score (nSPS) is 12.6. The van der Waals surface area contributed by atoms with Crippen LogP contribution in [0, 0.1) is 0 Å². The molecule has 1 unspecified atom stereocenters. The highest BCUT2D eigenvalue weighted by Crippen LogP contribution is 2.14. The van der Waals surface area contributed by atoms with Crippen LogP contribution in [0.15, 0.2) is 24.7 Å². The van der Waals surface area contributed by atoms with Crippen molar-refractivity contribution in [3.8, 4) is 0 Å². The molecule has 2 rings (SSSR count). The molecule has 0 aliphatic carbocycles. The summed E-state index contributed by atoms with van der Waals surface area (Å²) in [7, 11) is 3.40. The predicted octanol–water partition coefficient (Wildman–Crippen LogP) is 0.781. The molecule has 0 fully saturated rings. The number of aryl methyl sites for hydroxylation is 1. The van der Waals surface area contributed by atoms with Crippen molar-refractivity contribution in [2.45, 2.75) is 19.0 Å². The molecule has 9 heteroatoms. The molecular weight excluding hydrogens is 282 g/mol. The summed E-state index contributed by atoms with van der Waals surface area (Å²) in [6, 6.07) is 0.870. The second kappa shape index (κ2) is 6.44. The van der Waals surface area contributed by atoms with Gasteiger partial charge in [0.1, 0.15) is 12.6 Å². The average molecular weight is 298 g/mol. The maximum Gasteiger partial charge on any atom is 0.257 e. The molecule has 1 amide bonds. The summed E-state index contributed by atoms with van der Waals surface area (Å²) in [5.41, 5.74) is 0.699. The maximum absolute atomic E-state index is 12.2. The van der Waals surface area contributed by atoms with Gasteiger partial charge < -0.3 is 10.6 Å². The lowest BCUT2D eigenvalue weighted by Crippen LogP contribution is -2.30. The molecule has 2 heterocycles. The number of anilines is 1. The maximum atomic E-state index is 12.2. The minimum atomic E-state index is -2.49. The zero-order chi connectivity index (χ0) is 15.4. The molecule has 21 heavy (non-hydrogen) atoms. The highest BCUT2D eigenvalue weighted by Gasteiger charge is 2.21. The number of hydrogen-bond donors (Lipinski definition) is 2. The third-order valence-electron chi connectivity index (χ3n) is 2.83. The molecule has 114 valence electrons. The van der Waals surface area contributed by atoms with Crippen molar-refractivity contribution in [3.05, 3.63) is 30.2 Å². The standard InChI is InChI=1S/C12H16F2N6O/c1-15-11(8-5-16-19(2)6-8)12(21)17-10-3-4-20(18-10)7-9(13)14/h3-6,9,11,15H,7H2,1-2H3,(H,17,18,21). The lowest BCUT2D eigenvalue weighted by Gasteiger charge is -2.13. The number of rotatable bonds is 6. The first kappa shape index (κ1) is 15.1. The molecular formula is C12H16F2N6O. The molecule has 2 aromatic heterocycles. The van der Waals surface area contributed by atoms with E-state index in [1.165, 1.54) is 12.3 Å². The van der Waals surface area contributed by atoms with E-state index < -0.39 is 19.0 Å². The van der Waals surface area contributed by atoms with Gasteiger partial charge >= 0.3 is 0 Å². The van der Waals surface area contributed by atoms with Crippen molar-refractivity contribution < 1.29 is 13.6 Å². The SMILES string of the molecule is CNC(C(=O)Nc1ccn(CC(F)F)n1)c1cnn(C)c1. The van der Waals surface area contributed by atoms with Gasteiger partial charge in [0.25, 0.3) is 6.43 Å². The summed E-state index contributed by atoms with van der Waals surface area (Å²) < 4.78 is 27.1. The summed E-state index contributed by atoms with van der Waals surface area (Å²) >= 11 is 0. The van der Waals surface area contributed by atoms with E-state index in [0.29, 0.717) is 5.56 Å². The molecule has 2 N–H and O–H groups in total. The average Bonchev–Trinajstić information content (AvgIpc) is 2.99. The van der Waals surface area contributed by atoms with E-state index in [2.05, 4.69) is 20.8 Å². The number of aromatic nitrogens is 4. The van der Waals surface area contributed by atoms with Gasteiger partial charge in [0.15, 0.2) is 5.82 Å². The van der Waals surface area contributed by atoms with E-state index >= 15 is 0 Å². The van der Waals surface area contributed by atoms with Crippen LogP contribution in [0.25, 0.3) is 0 Å². The largest absolute Gasteiger partial charge is 0.308 e. The van der Waals surface area contributed by atoms with Gasteiger partial charge in [-0.2, -0.15) is 10.2 Å². The zero-order valence-electron chi connectivity index (χ0n) is 11.6. The summed E-state index contributed by atoms with van der Waals surface area (Å²) in [5, 5.41) is 13.3. The van der Waals surface area contributed by atoms with Crippen LogP contribution >= 0.6 is 0 Å². The number of likely N-dealkylation sites (N-methyl/N-ethyl adjacent to an activating group) is 1. The second-order valence-corrected chi connectivity index (χ2v) is 4.47. The van der Waals surface area contributed by atoms with Crippen molar-refractivity contribution in [2.24, 2.45) is 7.05 Å². The summed E-state index contributed by atoms with van der Waals surface area (Å²) in [5.74, 6) is -0.113. The molecule has 0 aromatic carbocycles. The summed E-state index contributed by atoms with van der Waals surface area (Å²) in [6.07, 6.45) is 2.20. The van der Waals surface area contributed by atoms with Gasteiger partial charge in [-0.15, -0.1) is 0 Å². The molecule has 0 saturated carbocycles. The van der Waals surface area contributed by atoms with Crippen LogP contribution in [-0.4, -0.2) is 38.9 Å². The Balaban J connectivity index is 2.04. The molecule has 0 radical (unpaired) electrons. The lowest BCUT2D eigenvalue weighted by molar-refractivity contribution is -0.118. The Morgan fingerprint density at radius 2 is 2.24 bits per heavy atom. The topological polar surface area (TPSA) is 76.8 Å². The summed E-state index contributed by atoms with van der Waals surface area (Å²) in [4.78, 5) is 12.2. The van der Waals surface area contributed by atoms with E-state index in [1.54, 1.807) is 31.2 Å². The van der Waals surface area contributed by atoms with Crippen molar-refractivity contribution in [2.75, 3.05) is 12.4 Å². The molecule has 0 bridgehead atoms. The minimum absolute atomic E-state index is 0.227. The summed E-state index contributed by atoms with van der Waals surface area (Å²) in [6.45, 7) is -0.506. The fourth-order valence-electron chi connectivity index (χ4n) is 1.91. The number of nitrogens with one attached hydrogen (secondary N) is 2. The Bertz CT molecular complexity index is 608. The number of hydrogen-bond acceptors (Lipinski definition) is 4. The first-order chi connectivity index (χ1) is 9.99. The van der Waals surface area contributed by atoms with Crippen molar-refractivity contribution in [1.82, 2.24) is 24.9 Å². The number of amides is 1. The molecule has 0 aliphatic rings. The van der Waals surface area contributed by atoms with Gasteiger partial charge in [0.2, 0.25) is 5.91 Å². The van der Waals surface area contributed by atoms with Gasteiger partial charge in [-0.3, -0.25) is 14.2 Å². The minimum Gasteiger partial charge on any atom is -0.308 e. The van der Waals surface area contributed by atoms with E-state index in [1.807, 2.05) is 0 Å². The van der Waals surface area contributed by atoms with Gasteiger partial charge in [0.05, 0.1) is 6.20 Å². The van der Waals surface area contributed by atoms with E-state index in [0.717, 1.165) is 4.68 Å². The van der Waals surface area contributed by atoms with Crippen LogP contribution in [0.5, 0.6) is 0 Å². The fraction of sp³-hybridized carbons (Fsp3) is 0.417.